The second-order valence-corrected chi connectivity index (χ2v) is 11.0. The molecule has 2 aromatic heterocycles. The van der Waals surface area contributed by atoms with Crippen LogP contribution in [0.2, 0.25) is 0 Å². The number of ether oxygens (including phenoxy) is 1. The van der Waals surface area contributed by atoms with Gasteiger partial charge in [-0.2, -0.15) is 9.67 Å². The SMILES string of the molecule is CC(=O)N1[C@H](C)CN(c2cc(-n3nc(Nc4ccc(N5CCN(C(=O)OC(C)C)CC5)cc4)nc3N)ncn2)C[C@@H]1C. The van der Waals surface area contributed by atoms with Gasteiger partial charge in [-0.25, -0.2) is 14.8 Å². The van der Waals surface area contributed by atoms with Crippen LogP contribution in [-0.2, 0) is 9.53 Å². The Labute approximate surface area is 245 Å². The van der Waals surface area contributed by atoms with E-state index in [9.17, 15) is 9.59 Å². The molecular formula is C28H39N11O3. The Balaban J connectivity index is 1.22. The highest BCUT2D eigenvalue weighted by Gasteiger charge is 2.32. The monoisotopic (exact) mass is 577 g/mol. The first-order valence-corrected chi connectivity index (χ1v) is 14.3. The van der Waals surface area contributed by atoms with Gasteiger partial charge in [-0.3, -0.25) is 4.79 Å². The van der Waals surface area contributed by atoms with Crippen LogP contribution in [0.4, 0.5) is 33.9 Å². The maximum absolute atomic E-state index is 12.2. The third-order valence-electron chi connectivity index (χ3n) is 7.46. The number of benzene rings is 1. The number of carbonyl (C=O) groups excluding carboxylic acids is 2. The van der Waals surface area contributed by atoms with Crippen LogP contribution >= 0.6 is 0 Å². The van der Waals surface area contributed by atoms with Gasteiger partial charge in [-0.15, -0.1) is 5.10 Å². The molecule has 3 aromatic rings. The number of aromatic nitrogens is 5. The zero-order valence-corrected chi connectivity index (χ0v) is 24.8. The standard InChI is InChI=1S/C28H39N11O3/c1-18(2)42-28(41)36-12-10-35(11-13-36)23-8-6-22(7-9-23)32-27-33-26(29)39(34-27)25-14-24(30-17-31-25)37-15-19(3)38(21(5)40)20(4)16-37/h6-9,14,17-20H,10-13,15-16H2,1-5H3,(H3,29,32,33,34)/t19-,20+. The molecule has 2 fully saturated rings. The van der Waals surface area contributed by atoms with Crippen LogP contribution in [0.15, 0.2) is 36.7 Å². The molecule has 2 saturated heterocycles. The molecule has 0 spiro atoms. The summed E-state index contributed by atoms with van der Waals surface area (Å²) in [5.41, 5.74) is 8.10. The minimum atomic E-state index is -0.259. The third-order valence-corrected chi connectivity index (χ3v) is 7.46. The Hall–Kier alpha value is -4.62. The fourth-order valence-electron chi connectivity index (χ4n) is 5.61. The smallest absolute Gasteiger partial charge is 0.410 e. The molecule has 3 N–H and O–H groups in total. The summed E-state index contributed by atoms with van der Waals surface area (Å²) >= 11 is 0. The van der Waals surface area contributed by atoms with Gasteiger partial charge in [0.2, 0.25) is 17.8 Å². The number of rotatable bonds is 6. The molecular weight excluding hydrogens is 538 g/mol. The molecule has 5 rings (SSSR count). The lowest BCUT2D eigenvalue weighted by atomic mass is 10.1. The van der Waals surface area contributed by atoms with Crippen LogP contribution in [0.25, 0.3) is 5.82 Å². The van der Waals surface area contributed by atoms with Crippen molar-refractivity contribution in [2.45, 2.75) is 52.8 Å². The fraction of sp³-hybridized carbons (Fsp3) is 0.500. The lowest BCUT2D eigenvalue weighted by Crippen LogP contribution is -2.58. The first-order chi connectivity index (χ1) is 20.1. The third kappa shape index (κ3) is 6.31. The minimum absolute atomic E-state index is 0.0569. The zero-order valence-electron chi connectivity index (χ0n) is 24.8. The van der Waals surface area contributed by atoms with Crippen molar-refractivity contribution in [3.63, 3.8) is 0 Å². The molecule has 0 bridgehead atoms. The number of nitrogens with one attached hydrogen (secondary N) is 1. The summed E-state index contributed by atoms with van der Waals surface area (Å²) in [6.45, 7) is 13.4. The number of hydrogen-bond donors (Lipinski definition) is 2. The van der Waals surface area contributed by atoms with Crippen molar-refractivity contribution in [2.24, 2.45) is 0 Å². The average Bonchev–Trinajstić information content (AvgIpc) is 3.32. The van der Waals surface area contributed by atoms with Gasteiger partial charge in [0.15, 0.2) is 5.82 Å². The molecule has 2 aliphatic heterocycles. The van der Waals surface area contributed by atoms with Crippen LogP contribution in [0.1, 0.15) is 34.6 Å². The predicted octanol–water partition coefficient (Wildman–Crippen LogP) is 2.50. The minimum Gasteiger partial charge on any atom is -0.447 e. The highest BCUT2D eigenvalue weighted by Crippen LogP contribution is 2.25. The highest BCUT2D eigenvalue weighted by molar-refractivity contribution is 5.74. The Morgan fingerprint density at radius 3 is 2.24 bits per heavy atom. The number of amides is 2. The molecule has 2 atom stereocenters. The van der Waals surface area contributed by atoms with Gasteiger partial charge in [0.05, 0.1) is 6.10 Å². The Morgan fingerprint density at radius 2 is 1.62 bits per heavy atom. The summed E-state index contributed by atoms with van der Waals surface area (Å²) in [7, 11) is 0. The van der Waals surface area contributed by atoms with E-state index in [0.29, 0.717) is 37.9 Å². The van der Waals surface area contributed by atoms with Gasteiger partial charge in [-0.05, 0) is 52.0 Å². The summed E-state index contributed by atoms with van der Waals surface area (Å²) < 4.78 is 6.79. The van der Waals surface area contributed by atoms with Crippen molar-refractivity contribution < 1.29 is 14.3 Å². The van der Waals surface area contributed by atoms with E-state index in [4.69, 9.17) is 10.5 Å². The molecule has 224 valence electrons. The summed E-state index contributed by atoms with van der Waals surface area (Å²) in [6, 6.07) is 9.90. The van der Waals surface area contributed by atoms with Gasteiger partial charge in [0, 0.05) is 75.7 Å². The van der Waals surface area contributed by atoms with Crippen molar-refractivity contribution in [2.75, 3.05) is 60.1 Å². The van der Waals surface area contributed by atoms with Gasteiger partial charge in [0.1, 0.15) is 12.1 Å². The first-order valence-electron chi connectivity index (χ1n) is 14.3. The van der Waals surface area contributed by atoms with Gasteiger partial charge < -0.3 is 35.4 Å². The van der Waals surface area contributed by atoms with E-state index in [1.165, 1.54) is 11.0 Å². The van der Waals surface area contributed by atoms with Crippen LogP contribution < -0.4 is 20.9 Å². The number of nitrogen functional groups attached to an aromatic ring is 1. The molecule has 0 radical (unpaired) electrons. The molecule has 14 nitrogen and oxygen atoms in total. The first kappa shape index (κ1) is 28.9. The van der Waals surface area contributed by atoms with Gasteiger partial charge in [-0.1, -0.05) is 0 Å². The summed E-state index contributed by atoms with van der Waals surface area (Å²) in [5, 5.41) is 7.74. The van der Waals surface area contributed by atoms with Crippen molar-refractivity contribution in [3.8, 4) is 5.82 Å². The molecule has 2 amide bonds. The largest absolute Gasteiger partial charge is 0.447 e. The van der Waals surface area contributed by atoms with Crippen molar-refractivity contribution >= 4 is 41.1 Å². The fourth-order valence-corrected chi connectivity index (χ4v) is 5.61. The lowest BCUT2D eigenvalue weighted by molar-refractivity contribution is -0.133. The normalized spacial score (nSPS) is 19.3. The number of nitrogens with zero attached hydrogens (tertiary/aromatic N) is 9. The van der Waals surface area contributed by atoms with Crippen LogP contribution in [0.5, 0.6) is 0 Å². The number of carbonyl (C=O) groups is 2. The van der Waals surface area contributed by atoms with E-state index in [-0.39, 0.29) is 36.1 Å². The van der Waals surface area contributed by atoms with Crippen LogP contribution in [0, 0.1) is 0 Å². The molecule has 4 heterocycles. The second-order valence-electron chi connectivity index (χ2n) is 11.0. The molecule has 2 aliphatic rings. The second kappa shape index (κ2) is 12.1. The average molecular weight is 578 g/mol. The summed E-state index contributed by atoms with van der Waals surface area (Å²) in [6.07, 6.45) is 1.10. The molecule has 0 saturated carbocycles. The quantitative estimate of drug-likeness (QED) is 0.445. The van der Waals surface area contributed by atoms with E-state index < -0.39 is 0 Å². The number of nitrogens with two attached hydrogens (primary N) is 1. The van der Waals surface area contributed by atoms with Crippen molar-refractivity contribution in [1.82, 2.24) is 34.5 Å². The predicted molar refractivity (Wildman–Crippen MR) is 160 cm³/mol. The van der Waals surface area contributed by atoms with E-state index in [1.807, 2.05) is 62.9 Å². The maximum Gasteiger partial charge on any atom is 0.410 e. The Kier molecular flexibility index (Phi) is 8.31. The van der Waals surface area contributed by atoms with E-state index >= 15 is 0 Å². The van der Waals surface area contributed by atoms with Crippen molar-refractivity contribution in [1.29, 1.82) is 0 Å². The lowest BCUT2D eigenvalue weighted by Gasteiger charge is -2.44. The molecule has 1 aromatic carbocycles. The van der Waals surface area contributed by atoms with Gasteiger partial charge in [0.25, 0.3) is 0 Å². The van der Waals surface area contributed by atoms with E-state index in [1.54, 1.807) is 11.8 Å². The zero-order chi connectivity index (χ0) is 30.0. The van der Waals surface area contributed by atoms with Crippen molar-refractivity contribution in [3.05, 3.63) is 36.7 Å². The summed E-state index contributed by atoms with van der Waals surface area (Å²) in [5.74, 6) is 1.84. The molecule has 14 heteroatoms. The Bertz CT molecular complexity index is 1390. The van der Waals surface area contributed by atoms with Crippen LogP contribution in [0.3, 0.4) is 0 Å². The van der Waals surface area contributed by atoms with E-state index in [2.05, 4.69) is 35.2 Å². The Morgan fingerprint density at radius 1 is 0.976 bits per heavy atom. The number of piperazine rings is 2. The topological polar surface area (TPSA) is 151 Å². The van der Waals surface area contributed by atoms with Gasteiger partial charge >= 0.3 is 6.09 Å². The summed E-state index contributed by atoms with van der Waals surface area (Å²) in [4.78, 5) is 45.5. The maximum atomic E-state index is 12.2. The highest BCUT2D eigenvalue weighted by atomic mass is 16.6. The molecule has 0 unspecified atom stereocenters. The van der Waals surface area contributed by atoms with Crippen LogP contribution in [-0.4, -0.2) is 104 Å². The molecule has 42 heavy (non-hydrogen) atoms. The number of anilines is 5. The number of hydrogen-bond acceptors (Lipinski definition) is 11. The molecule has 0 aliphatic carbocycles. The van der Waals surface area contributed by atoms with E-state index in [0.717, 1.165) is 30.3 Å².